The van der Waals surface area contributed by atoms with Crippen LogP contribution in [0, 0.1) is 0 Å². The standard InChI is InChI=1S/C21H19NO/c23-20(15-16-7-2-1-3-8-16)22-21(13-14-21)19-12-6-10-17-9-4-5-11-18(17)19/h1-12H,13-15H2,(H,22,23). The van der Waals surface area contributed by atoms with Crippen molar-refractivity contribution in [2.75, 3.05) is 0 Å². The second kappa shape index (κ2) is 5.54. The van der Waals surface area contributed by atoms with E-state index in [-0.39, 0.29) is 11.4 Å². The monoisotopic (exact) mass is 301 g/mol. The van der Waals surface area contributed by atoms with E-state index >= 15 is 0 Å². The summed E-state index contributed by atoms with van der Waals surface area (Å²) in [4.78, 5) is 12.5. The molecule has 23 heavy (non-hydrogen) atoms. The summed E-state index contributed by atoms with van der Waals surface area (Å²) < 4.78 is 0. The molecular weight excluding hydrogens is 282 g/mol. The van der Waals surface area contributed by atoms with Crippen LogP contribution >= 0.6 is 0 Å². The van der Waals surface area contributed by atoms with Crippen molar-refractivity contribution in [1.29, 1.82) is 0 Å². The molecule has 3 aromatic carbocycles. The van der Waals surface area contributed by atoms with E-state index in [0.717, 1.165) is 18.4 Å². The molecule has 0 spiro atoms. The summed E-state index contributed by atoms with van der Waals surface area (Å²) in [5, 5.41) is 5.76. The van der Waals surface area contributed by atoms with Crippen molar-refractivity contribution in [3.05, 3.63) is 83.9 Å². The smallest absolute Gasteiger partial charge is 0.225 e. The first-order valence-corrected chi connectivity index (χ1v) is 8.10. The topological polar surface area (TPSA) is 29.1 Å². The van der Waals surface area contributed by atoms with Gasteiger partial charge in [-0.15, -0.1) is 0 Å². The molecule has 2 nitrogen and oxygen atoms in total. The van der Waals surface area contributed by atoms with Gasteiger partial charge in [-0.05, 0) is 34.7 Å². The minimum atomic E-state index is -0.174. The Hall–Kier alpha value is -2.61. The van der Waals surface area contributed by atoms with Crippen molar-refractivity contribution in [1.82, 2.24) is 5.32 Å². The molecule has 0 aromatic heterocycles. The Labute approximate surface area is 136 Å². The Balaban J connectivity index is 1.59. The maximum atomic E-state index is 12.5. The molecule has 2 heteroatoms. The number of carbonyl (C=O) groups is 1. The van der Waals surface area contributed by atoms with E-state index in [4.69, 9.17) is 0 Å². The second-order valence-electron chi connectivity index (χ2n) is 6.32. The lowest BCUT2D eigenvalue weighted by molar-refractivity contribution is -0.121. The molecule has 4 rings (SSSR count). The summed E-state index contributed by atoms with van der Waals surface area (Å²) in [5.74, 6) is 0.0987. The molecule has 1 N–H and O–H groups in total. The Morgan fingerprint density at radius 2 is 1.57 bits per heavy atom. The summed E-state index contributed by atoms with van der Waals surface area (Å²) in [7, 11) is 0. The van der Waals surface area contributed by atoms with E-state index < -0.39 is 0 Å². The Kier molecular flexibility index (Phi) is 3.38. The lowest BCUT2D eigenvalue weighted by Crippen LogP contribution is -2.36. The van der Waals surface area contributed by atoms with E-state index in [9.17, 15) is 4.79 Å². The van der Waals surface area contributed by atoms with E-state index in [1.807, 2.05) is 30.3 Å². The van der Waals surface area contributed by atoms with Gasteiger partial charge in [-0.25, -0.2) is 0 Å². The molecule has 3 aromatic rings. The van der Waals surface area contributed by atoms with E-state index in [1.165, 1.54) is 16.3 Å². The molecule has 0 aliphatic heterocycles. The summed E-state index contributed by atoms with van der Waals surface area (Å²) in [6.07, 6.45) is 2.47. The van der Waals surface area contributed by atoms with Gasteiger partial charge in [-0.3, -0.25) is 4.79 Å². The number of nitrogens with one attached hydrogen (secondary N) is 1. The Morgan fingerprint density at radius 3 is 2.35 bits per heavy atom. The summed E-state index contributed by atoms with van der Waals surface area (Å²) in [6, 6.07) is 24.7. The minimum Gasteiger partial charge on any atom is -0.346 e. The molecule has 0 bridgehead atoms. The van der Waals surface area contributed by atoms with Gasteiger partial charge in [-0.2, -0.15) is 0 Å². The van der Waals surface area contributed by atoms with Crippen LogP contribution in [0.1, 0.15) is 24.0 Å². The third-order valence-electron chi connectivity index (χ3n) is 4.64. The predicted molar refractivity (Wildman–Crippen MR) is 93.1 cm³/mol. The van der Waals surface area contributed by atoms with Crippen molar-refractivity contribution in [2.24, 2.45) is 0 Å². The van der Waals surface area contributed by atoms with Crippen LogP contribution in [0.3, 0.4) is 0 Å². The molecule has 114 valence electrons. The van der Waals surface area contributed by atoms with Crippen LogP contribution in [0.25, 0.3) is 10.8 Å². The minimum absolute atomic E-state index is 0.0987. The van der Waals surface area contributed by atoms with Crippen LogP contribution in [0.4, 0.5) is 0 Å². The van der Waals surface area contributed by atoms with Gasteiger partial charge in [0.2, 0.25) is 5.91 Å². The van der Waals surface area contributed by atoms with Gasteiger partial charge >= 0.3 is 0 Å². The zero-order valence-electron chi connectivity index (χ0n) is 13.0. The molecule has 0 radical (unpaired) electrons. The number of carbonyl (C=O) groups excluding carboxylic acids is 1. The molecule has 1 aliphatic rings. The first-order chi connectivity index (χ1) is 11.3. The normalized spacial score (nSPS) is 15.3. The highest BCUT2D eigenvalue weighted by atomic mass is 16.1. The number of benzene rings is 3. The van der Waals surface area contributed by atoms with Gasteiger partial charge in [0.25, 0.3) is 0 Å². The number of fused-ring (bicyclic) bond motifs is 1. The van der Waals surface area contributed by atoms with Crippen LogP contribution in [-0.2, 0) is 16.8 Å². The van der Waals surface area contributed by atoms with Crippen molar-refractivity contribution in [3.8, 4) is 0 Å². The van der Waals surface area contributed by atoms with Gasteiger partial charge in [0.15, 0.2) is 0 Å². The molecular formula is C21H19NO. The Morgan fingerprint density at radius 1 is 0.870 bits per heavy atom. The molecule has 1 aliphatic carbocycles. The molecule has 1 amide bonds. The lowest BCUT2D eigenvalue weighted by atomic mass is 9.96. The summed E-state index contributed by atoms with van der Waals surface area (Å²) >= 11 is 0. The van der Waals surface area contributed by atoms with Crippen molar-refractivity contribution in [3.63, 3.8) is 0 Å². The molecule has 1 saturated carbocycles. The predicted octanol–water partition coefficient (Wildman–Crippen LogP) is 4.19. The van der Waals surface area contributed by atoms with Crippen LogP contribution in [-0.4, -0.2) is 5.91 Å². The van der Waals surface area contributed by atoms with Gasteiger partial charge in [-0.1, -0.05) is 72.8 Å². The first kappa shape index (κ1) is 14.0. The fourth-order valence-electron chi connectivity index (χ4n) is 3.32. The Bertz CT molecular complexity index is 845. The maximum Gasteiger partial charge on any atom is 0.225 e. The fourth-order valence-corrected chi connectivity index (χ4v) is 3.32. The van der Waals surface area contributed by atoms with Gasteiger partial charge in [0.05, 0.1) is 12.0 Å². The average molecular weight is 301 g/mol. The largest absolute Gasteiger partial charge is 0.346 e. The second-order valence-corrected chi connectivity index (χ2v) is 6.32. The van der Waals surface area contributed by atoms with Crippen molar-refractivity contribution in [2.45, 2.75) is 24.8 Å². The molecule has 0 saturated heterocycles. The summed E-state index contributed by atoms with van der Waals surface area (Å²) in [6.45, 7) is 0. The van der Waals surface area contributed by atoms with Crippen LogP contribution < -0.4 is 5.32 Å². The SMILES string of the molecule is O=C(Cc1ccccc1)NC1(c2cccc3ccccc23)CC1. The first-order valence-electron chi connectivity index (χ1n) is 8.10. The fraction of sp³-hybridized carbons (Fsp3) is 0.190. The van der Waals surface area contributed by atoms with Crippen LogP contribution in [0.2, 0.25) is 0 Å². The summed E-state index contributed by atoms with van der Waals surface area (Å²) in [5.41, 5.74) is 2.13. The molecule has 0 unspecified atom stereocenters. The zero-order valence-corrected chi connectivity index (χ0v) is 13.0. The van der Waals surface area contributed by atoms with Crippen molar-refractivity contribution < 1.29 is 4.79 Å². The van der Waals surface area contributed by atoms with E-state index in [1.54, 1.807) is 0 Å². The molecule has 0 heterocycles. The van der Waals surface area contributed by atoms with E-state index in [0.29, 0.717) is 6.42 Å². The quantitative estimate of drug-likeness (QED) is 0.769. The van der Waals surface area contributed by atoms with Gasteiger partial charge in [0.1, 0.15) is 0 Å². The zero-order chi connectivity index (χ0) is 15.7. The molecule has 1 fully saturated rings. The average Bonchev–Trinajstić information content (AvgIpc) is 3.35. The van der Waals surface area contributed by atoms with Crippen molar-refractivity contribution >= 4 is 16.7 Å². The highest BCUT2D eigenvalue weighted by Crippen LogP contribution is 2.47. The lowest BCUT2D eigenvalue weighted by Gasteiger charge is -2.20. The number of amides is 1. The maximum absolute atomic E-state index is 12.5. The van der Waals surface area contributed by atoms with Gasteiger partial charge < -0.3 is 5.32 Å². The molecule has 0 atom stereocenters. The highest BCUT2D eigenvalue weighted by molar-refractivity contribution is 5.88. The highest BCUT2D eigenvalue weighted by Gasteiger charge is 2.46. The van der Waals surface area contributed by atoms with Gasteiger partial charge in [0, 0.05) is 0 Å². The third kappa shape index (κ3) is 2.72. The van der Waals surface area contributed by atoms with Crippen LogP contribution in [0.5, 0.6) is 0 Å². The van der Waals surface area contributed by atoms with E-state index in [2.05, 4.69) is 47.8 Å². The third-order valence-corrected chi connectivity index (χ3v) is 4.64. The van der Waals surface area contributed by atoms with Crippen LogP contribution in [0.15, 0.2) is 72.8 Å². The number of hydrogen-bond acceptors (Lipinski definition) is 1. The number of hydrogen-bond donors (Lipinski definition) is 1. The number of rotatable bonds is 4.